The van der Waals surface area contributed by atoms with Crippen molar-refractivity contribution in [1.82, 2.24) is 0 Å². The van der Waals surface area contributed by atoms with Crippen LogP contribution in [-0.4, -0.2) is 34.1 Å². The molecule has 0 radical (unpaired) electrons. The fourth-order valence-corrected chi connectivity index (χ4v) is 3.64. The van der Waals surface area contributed by atoms with Crippen LogP contribution in [0.15, 0.2) is 18.2 Å². The van der Waals surface area contributed by atoms with E-state index in [1.54, 1.807) is 39.3 Å². The Morgan fingerprint density at radius 3 is 2.28 bits per heavy atom. The number of benzene rings is 1. The maximum atomic E-state index is 11.6. The molecule has 102 valence electrons. The fourth-order valence-electron chi connectivity index (χ4n) is 1.52. The van der Waals surface area contributed by atoms with Crippen molar-refractivity contribution in [2.75, 3.05) is 20.5 Å². The van der Waals surface area contributed by atoms with Gasteiger partial charge in [-0.3, -0.25) is 0 Å². The van der Waals surface area contributed by atoms with Gasteiger partial charge in [0.05, 0.1) is 24.3 Å². The van der Waals surface area contributed by atoms with E-state index in [2.05, 4.69) is 15.9 Å². The van der Waals surface area contributed by atoms with Gasteiger partial charge in [0, 0.05) is 11.8 Å². The van der Waals surface area contributed by atoms with Crippen LogP contribution in [-0.2, 0) is 9.84 Å². The molecule has 0 aliphatic carbocycles. The van der Waals surface area contributed by atoms with E-state index in [0.717, 1.165) is 5.56 Å². The zero-order chi connectivity index (χ0) is 13.9. The predicted molar refractivity (Wildman–Crippen MR) is 75.5 cm³/mol. The van der Waals surface area contributed by atoms with Crippen molar-refractivity contribution >= 4 is 25.8 Å². The molecule has 1 aromatic rings. The van der Waals surface area contributed by atoms with Gasteiger partial charge >= 0.3 is 0 Å². The summed E-state index contributed by atoms with van der Waals surface area (Å²) in [5.74, 6) is 1.30. The van der Waals surface area contributed by atoms with Crippen LogP contribution < -0.4 is 9.47 Å². The lowest BCUT2D eigenvalue weighted by Crippen LogP contribution is -2.21. The second kappa shape index (κ2) is 5.93. The van der Waals surface area contributed by atoms with Crippen LogP contribution in [0.3, 0.4) is 0 Å². The van der Waals surface area contributed by atoms with E-state index in [-0.39, 0.29) is 4.83 Å². The van der Waals surface area contributed by atoms with E-state index in [1.165, 1.54) is 6.26 Å². The maximum absolute atomic E-state index is 11.6. The van der Waals surface area contributed by atoms with E-state index in [0.29, 0.717) is 11.5 Å². The zero-order valence-corrected chi connectivity index (χ0v) is 13.2. The third-order valence-corrected chi connectivity index (χ3v) is 6.08. The lowest BCUT2D eigenvalue weighted by molar-refractivity contribution is 0.398. The van der Waals surface area contributed by atoms with Crippen LogP contribution in [0.1, 0.15) is 17.3 Å². The van der Waals surface area contributed by atoms with Gasteiger partial charge in [0.1, 0.15) is 11.5 Å². The van der Waals surface area contributed by atoms with E-state index >= 15 is 0 Å². The minimum Gasteiger partial charge on any atom is -0.497 e. The first-order chi connectivity index (χ1) is 8.31. The van der Waals surface area contributed by atoms with Gasteiger partial charge in [-0.15, -0.1) is 0 Å². The highest BCUT2D eigenvalue weighted by molar-refractivity contribution is 9.09. The molecular formula is C12H17BrO4S. The molecule has 0 saturated carbocycles. The number of methoxy groups -OCH3 is 2. The van der Waals surface area contributed by atoms with Gasteiger partial charge in [0.15, 0.2) is 9.84 Å². The van der Waals surface area contributed by atoms with Gasteiger partial charge in [-0.25, -0.2) is 8.42 Å². The Balaban J connectivity index is 3.22. The summed E-state index contributed by atoms with van der Waals surface area (Å²) in [4.78, 5) is -0.349. The van der Waals surface area contributed by atoms with E-state index in [9.17, 15) is 8.42 Å². The lowest BCUT2D eigenvalue weighted by atomic mass is 10.1. The molecule has 0 spiro atoms. The molecule has 0 amide bonds. The van der Waals surface area contributed by atoms with E-state index in [1.807, 2.05) is 0 Å². The first-order valence-electron chi connectivity index (χ1n) is 5.36. The first-order valence-corrected chi connectivity index (χ1v) is 8.23. The van der Waals surface area contributed by atoms with Gasteiger partial charge in [-0.05, 0) is 25.1 Å². The zero-order valence-electron chi connectivity index (χ0n) is 10.8. The first kappa shape index (κ1) is 15.3. The fraction of sp³-hybridized carbons (Fsp3) is 0.500. The Morgan fingerprint density at radius 2 is 1.83 bits per heavy atom. The highest BCUT2D eigenvalue weighted by Crippen LogP contribution is 2.38. The van der Waals surface area contributed by atoms with Crippen LogP contribution >= 0.6 is 15.9 Å². The van der Waals surface area contributed by atoms with E-state index in [4.69, 9.17) is 9.47 Å². The average Bonchev–Trinajstić information content (AvgIpc) is 2.35. The predicted octanol–water partition coefficient (Wildman–Crippen LogP) is 2.57. The summed E-state index contributed by atoms with van der Waals surface area (Å²) in [6.45, 7) is 1.66. The number of hydrogen-bond donors (Lipinski definition) is 0. The summed E-state index contributed by atoms with van der Waals surface area (Å²) in [5.41, 5.74) is 0.759. The normalized spacial score (nSPS) is 14.9. The van der Waals surface area contributed by atoms with Crippen LogP contribution in [0.25, 0.3) is 0 Å². The molecule has 0 aliphatic heterocycles. The van der Waals surface area contributed by atoms with Gasteiger partial charge in [0.25, 0.3) is 0 Å². The molecule has 0 aromatic heterocycles. The molecule has 0 heterocycles. The Kier molecular flexibility index (Phi) is 5.04. The van der Waals surface area contributed by atoms with Crippen molar-refractivity contribution in [2.45, 2.75) is 17.0 Å². The molecular weight excluding hydrogens is 320 g/mol. The smallest absolute Gasteiger partial charge is 0.151 e. The van der Waals surface area contributed by atoms with Crippen molar-refractivity contribution in [1.29, 1.82) is 0 Å². The highest BCUT2D eigenvalue weighted by Gasteiger charge is 2.27. The number of rotatable bonds is 5. The summed E-state index contributed by atoms with van der Waals surface area (Å²) in [5, 5.41) is -0.557. The molecule has 18 heavy (non-hydrogen) atoms. The number of sulfone groups is 1. The van der Waals surface area contributed by atoms with Crippen LogP contribution in [0, 0.1) is 0 Å². The summed E-state index contributed by atoms with van der Waals surface area (Å²) >= 11 is 3.43. The van der Waals surface area contributed by atoms with Crippen LogP contribution in [0.2, 0.25) is 0 Å². The molecule has 0 fully saturated rings. The molecule has 0 N–H and O–H groups in total. The molecule has 1 aromatic carbocycles. The van der Waals surface area contributed by atoms with Crippen LogP contribution in [0.5, 0.6) is 11.5 Å². The number of alkyl halides is 1. The SMILES string of the molecule is COc1ccc(OC)c(C(Br)C(C)S(C)(=O)=O)c1. The van der Waals surface area contributed by atoms with Gasteiger partial charge < -0.3 is 9.47 Å². The monoisotopic (exact) mass is 336 g/mol. The van der Waals surface area contributed by atoms with Gasteiger partial charge in [0.2, 0.25) is 0 Å². The molecule has 0 aliphatic rings. The second-order valence-electron chi connectivity index (χ2n) is 4.04. The summed E-state index contributed by atoms with van der Waals surface area (Å²) in [6, 6.07) is 5.31. The quantitative estimate of drug-likeness (QED) is 0.775. The minimum atomic E-state index is -3.14. The topological polar surface area (TPSA) is 52.6 Å². The van der Waals surface area contributed by atoms with Gasteiger partial charge in [-0.1, -0.05) is 15.9 Å². The molecule has 2 unspecified atom stereocenters. The van der Waals surface area contributed by atoms with Crippen LogP contribution in [0.4, 0.5) is 0 Å². The molecule has 1 rings (SSSR count). The van der Waals surface area contributed by atoms with Crippen molar-refractivity contribution in [2.24, 2.45) is 0 Å². The number of halogens is 1. The summed E-state index contributed by atoms with van der Waals surface area (Å²) < 4.78 is 33.6. The van der Waals surface area contributed by atoms with Crippen molar-refractivity contribution in [3.8, 4) is 11.5 Å². The Hall–Kier alpha value is -0.750. The summed E-state index contributed by atoms with van der Waals surface area (Å²) in [7, 11) is -0.0220. The average molecular weight is 337 g/mol. The van der Waals surface area contributed by atoms with Gasteiger partial charge in [-0.2, -0.15) is 0 Å². The molecule has 6 heteroatoms. The molecule has 0 saturated heterocycles. The molecule has 4 nitrogen and oxygen atoms in total. The largest absolute Gasteiger partial charge is 0.497 e. The Labute approximate surface area is 116 Å². The van der Waals surface area contributed by atoms with E-state index < -0.39 is 15.1 Å². The Bertz CT molecular complexity index is 513. The van der Waals surface area contributed by atoms with Crippen molar-refractivity contribution < 1.29 is 17.9 Å². The van der Waals surface area contributed by atoms with Crippen molar-refractivity contribution in [3.05, 3.63) is 23.8 Å². The highest BCUT2D eigenvalue weighted by atomic mass is 79.9. The second-order valence-corrected chi connectivity index (χ2v) is 7.43. The lowest BCUT2D eigenvalue weighted by Gasteiger charge is -2.20. The standard InChI is InChI=1S/C12H17BrO4S/c1-8(18(4,14)15)12(13)10-7-9(16-2)5-6-11(10)17-3/h5-8,12H,1-4H3. The maximum Gasteiger partial charge on any atom is 0.151 e. The minimum absolute atomic E-state index is 0.349. The third-order valence-electron chi connectivity index (χ3n) is 2.82. The molecule has 0 bridgehead atoms. The van der Waals surface area contributed by atoms with Crippen molar-refractivity contribution in [3.63, 3.8) is 0 Å². The summed E-state index contributed by atoms with van der Waals surface area (Å²) in [6.07, 6.45) is 1.22. The number of ether oxygens (including phenoxy) is 2. The third kappa shape index (κ3) is 3.38. The Morgan fingerprint density at radius 1 is 1.22 bits per heavy atom. The number of hydrogen-bond acceptors (Lipinski definition) is 4. The molecule has 2 atom stereocenters.